The van der Waals surface area contributed by atoms with Crippen LogP contribution >= 0.6 is 0 Å². The molecule has 23 heavy (non-hydrogen) atoms. The molecule has 0 bridgehead atoms. The van der Waals surface area contributed by atoms with E-state index in [2.05, 4.69) is 26.1 Å². The zero-order chi connectivity index (χ0) is 17.0. The summed E-state index contributed by atoms with van der Waals surface area (Å²) < 4.78 is 26.1. The number of carbonyl (C=O) groups is 1. The molecule has 0 aliphatic heterocycles. The van der Waals surface area contributed by atoms with Crippen LogP contribution in [0.2, 0.25) is 0 Å². The van der Waals surface area contributed by atoms with Crippen molar-refractivity contribution < 1.29 is 13.6 Å². The third-order valence-electron chi connectivity index (χ3n) is 3.39. The van der Waals surface area contributed by atoms with Gasteiger partial charge in [0.25, 0.3) is 5.91 Å². The second kappa shape index (κ2) is 6.90. The Labute approximate surface area is 135 Å². The Morgan fingerprint density at radius 3 is 2.13 bits per heavy atom. The summed E-state index contributed by atoms with van der Waals surface area (Å²) in [6, 6.07) is 11.0. The normalized spacial score (nSPS) is 11.3. The minimum Gasteiger partial charge on any atom is -0.352 e. The molecule has 0 saturated heterocycles. The van der Waals surface area contributed by atoms with Gasteiger partial charge in [0.2, 0.25) is 0 Å². The highest BCUT2D eigenvalue weighted by molar-refractivity contribution is 5.94. The molecular formula is C19H21F2NO. The van der Waals surface area contributed by atoms with Gasteiger partial charge in [0, 0.05) is 12.1 Å². The summed E-state index contributed by atoms with van der Waals surface area (Å²) in [6.07, 6.45) is 0.487. The first-order valence-corrected chi connectivity index (χ1v) is 7.56. The van der Waals surface area contributed by atoms with E-state index in [1.807, 2.05) is 12.1 Å². The fourth-order valence-electron chi connectivity index (χ4n) is 2.11. The van der Waals surface area contributed by atoms with Gasteiger partial charge in [-0.2, -0.15) is 0 Å². The Kier molecular flexibility index (Phi) is 5.14. The molecule has 0 fully saturated rings. The number of rotatable bonds is 4. The lowest BCUT2D eigenvalue weighted by atomic mass is 9.97. The molecule has 2 nitrogen and oxygen atoms in total. The lowest BCUT2D eigenvalue weighted by molar-refractivity contribution is 0.0939. The molecule has 2 rings (SSSR count). The maximum absolute atomic E-state index is 13.2. The molecule has 0 saturated carbocycles. The lowest BCUT2D eigenvalue weighted by Gasteiger charge is -2.18. The van der Waals surface area contributed by atoms with Gasteiger partial charge in [0.05, 0.1) is 0 Å². The van der Waals surface area contributed by atoms with Gasteiger partial charge >= 0.3 is 0 Å². The van der Waals surface area contributed by atoms with Crippen molar-refractivity contribution in [3.8, 4) is 0 Å². The topological polar surface area (TPSA) is 29.1 Å². The average molecular weight is 317 g/mol. The Bertz CT molecular complexity index is 688. The smallest absolute Gasteiger partial charge is 0.251 e. The first-order chi connectivity index (χ1) is 10.7. The summed E-state index contributed by atoms with van der Waals surface area (Å²) in [4.78, 5) is 12.0. The molecule has 0 aromatic heterocycles. The molecule has 4 heteroatoms. The highest BCUT2D eigenvalue weighted by Crippen LogP contribution is 2.15. The van der Waals surface area contributed by atoms with E-state index in [4.69, 9.17) is 0 Å². The summed E-state index contributed by atoms with van der Waals surface area (Å²) in [5.74, 6) is -1.81. The Morgan fingerprint density at radius 2 is 1.57 bits per heavy atom. The van der Waals surface area contributed by atoms with Crippen molar-refractivity contribution in [3.05, 3.63) is 70.8 Å². The Morgan fingerprint density at radius 1 is 0.957 bits per heavy atom. The van der Waals surface area contributed by atoms with Crippen LogP contribution in [0.3, 0.4) is 0 Å². The van der Waals surface area contributed by atoms with Crippen LogP contribution in [-0.2, 0) is 6.42 Å². The average Bonchev–Trinajstić information content (AvgIpc) is 2.49. The maximum Gasteiger partial charge on any atom is 0.251 e. The molecule has 0 unspecified atom stereocenters. The molecule has 122 valence electrons. The first kappa shape index (κ1) is 17.1. The van der Waals surface area contributed by atoms with E-state index in [1.165, 1.54) is 6.07 Å². The molecule has 1 amide bonds. The predicted molar refractivity (Wildman–Crippen MR) is 87.4 cm³/mol. The Hall–Kier alpha value is -2.23. The van der Waals surface area contributed by atoms with Crippen molar-refractivity contribution in [2.75, 3.05) is 6.54 Å². The molecule has 1 N–H and O–H groups in total. The van der Waals surface area contributed by atoms with Gasteiger partial charge in [-0.05, 0) is 47.2 Å². The van der Waals surface area contributed by atoms with Crippen LogP contribution in [0.1, 0.15) is 42.3 Å². The van der Waals surface area contributed by atoms with E-state index < -0.39 is 11.6 Å². The number of hydrogen-bond acceptors (Lipinski definition) is 1. The van der Waals surface area contributed by atoms with Crippen LogP contribution in [0.25, 0.3) is 0 Å². The Balaban J connectivity index is 2.01. The minimum atomic E-state index is -0.848. The third-order valence-corrected chi connectivity index (χ3v) is 3.39. The summed E-state index contributed by atoms with van der Waals surface area (Å²) in [6.45, 7) is 6.76. The molecule has 0 atom stereocenters. The largest absolute Gasteiger partial charge is 0.352 e. The second-order valence-corrected chi connectivity index (χ2v) is 6.87. The number of nitrogens with one attached hydrogen (secondary N) is 1. The zero-order valence-corrected chi connectivity index (χ0v) is 13.6. The monoisotopic (exact) mass is 317 g/mol. The van der Waals surface area contributed by atoms with Crippen LogP contribution < -0.4 is 5.32 Å². The van der Waals surface area contributed by atoms with Crippen LogP contribution in [-0.4, -0.2) is 12.5 Å². The molecule has 0 spiro atoms. The number of hydrogen-bond donors (Lipinski definition) is 1. The van der Waals surface area contributed by atoms with E-state index >= 15 is 0 Å². The fraction of sp³-hybridized carbons (Fsp3) is 0.316. The molecule has 0 radical (unpaired) electrons. The van der Waals surface area contributed by atoms with Gasteiger partial charge < -0.3 is 5.32 Å². The van der Waals surface area contributed by atoms with Crippen LogP contribution in [0.5, 0.6) is 0 Å². The summed E-state index contributed by atoms with van der Waals surface area (Å²) in [5.41, 5.74) is 2.24. The molecule has 2 aromatic carbocycles. The van der Waals surface area contributed by atoms with E-state index in [1.54, 1.807) is 18.2 Å². The molecule has 0 aliphatic rings. The fourth-order valence-corrected chi connectivity index (χ4v) is 2.11. The highest BCUT2D eigenvalue weighted by Gasteiger charge is 2.13. The summed E-state index contributed by atoms with van der Waals surface area (Å²) in [7, 11) is 0. The SMILES string of the molecule is CC(C)(C)CNC(=O)c1ccc(Cc2ccc(F)c(F)c2)cc1. The van der Waals surface area contributed by atoms with Gasteiger partial charge in [-0.25, -0.2) is 8.78 Å². The van der Waals surface area contributed by atoms with Gasteiger partial charge in [0.1, 0.15) is 0 Å². The zero-order valence-electron chi connectivity index (χ0n) is 13.6. The number of halogens is 2. The molecule has 2 aromatic rings. The van der Waals surface area contributed by atoms with Crippen molar-refractivity contribution in [2.45, 2.75) is 27.2 Å². The van der Waals surface area contributed by atoms with Gasteiger partial charge in [-0.1, -0.05) is 39.0 Å². The molecular weight excluding hydrogens is 296 g/mol. The van der Waals surface area contributed by atoms with Crippen molar-refractivity contribution in [3.63, 3.8) is 0 Å². The quantitative estimate of drug-likeness (QED) is 0.893. The standard InChI is InChI=1S/C19H21F2NO/c1-19(2,3)12-22-18(23)15-7-4-13(5-8-15)10-14-6-9-16(20)17(21)11-14/h4-9,11H,10,12H2,1-3H3,(H,22,23). The van der Waals surface area contributed by atoms with Crippen LogP contribution in [0.15, 0.2) is 42.5 Å². The summed E-state index contributed by atoms with van der Waals surface area (Å²) in [5, 5.41) is 2.89. The first-order valence-electron chi connectivity index (χ1n) is 7.56. The van der Waals surface area contributed by atoms with Crippen LogP contribution in [0, 0.1) is 17.0 Å². The lowest BCUT2D eigenvalue weighted by Crippen LogP contribution is -2.32. The van der Waals surface area contributed by atoms with Crippen molar-refractivity contribution in [1.82, 2.24) is 5.32 Å². The van der Waals surface area contributed by atoms with E-state index in [9.17, 15) is 13.6 Å². The van der Waals surface area contributed by atoms with Crippen molar-refractivity contribution in [2.24, 2.45) is 5.41 Å². The van der Waals surface area contributed by atoms with Gasteiger partial charge in [0.15, 0.2) is 11.6 Å². The molecule has 0 heterocycles. The second-order valence-electron chi connectivity index (χ2n) is 6.87. The van der Waals surface area contributed by atoms with Gasteiger partial charge in [-0.15, -0.1) is 0 Å². The van der Waals surface area contributed by atoms with Gasteiger partial charge in [-0.3, -0.25) is 4.79 Å². The highest BCUT2D eigenvalue weighted by atomic mass is 19.2. The maximum atomic E-state index is 13.2. The third kappa shape index (κ3) is 5.16. The number of amides is 1. The van der Waals surface area contributed by atoms with E-state index in [0.717, 1.165) is 11.6 Å². The van der Waals surface area contributed by atoms with Crippen molar-refractivity contribution in [1.29, 1.82) is 0 Å². The van der Waals surface area contributed by atoms with E-state index in [-0.39, 0.29) is 11.3 Å². The minimum absolute atomic E-state index is 0.0300. The van der Waals surface area contributed by atoms with E-state index in [0.29, 0.717) is 24.1 Å². The summed E-state index contributed by atoms with van der Waals surface area (Å²) >= 11 is 0. The number of benzene rings is 2. The number of carbonyl (C=O) groups excluding carboxylic acids is 1. The van der Waals surface area contributed by atoms with Crippen molar-refractivity contribution >= 4 is 5.91 Å². The molecule has 0 aliphatic carbocycles. The predicted octanol–water partition coefficient (Wildman–Crippen LogP) is 4.33. The van der Waals surface area contributed by atoms with Crippen LogP contribution in [0.4, 0.5) is 8.78 Å².